The minimum absolute atomic E-state index is 0.490. The Bertz CT molecular complexity index is 295. The van der Waals surface area contributed by atoms with Gasteiger partial charge < -0.3 is 5.11 Å². The predicted molar refractivity (Wildman–Crippen MR) is 54.8 cm³/mol. The number of carbonyl (C=O) groups is 1. The minimum atomic E-state index is -0.833. The zero-order chi connectivity index (χ0) is 10.4. The van der Waals surface area contributed by atoms with Gasteiger partial charge in [-0.25, -0.2) is 0 Å². The fraction of sp³-hybridized carbons (Fsp3) is 0.125. The van der Waals surface area contributed by atoms with Crippen molar-refractivity contribution in [2.45, 2.75) is 6.92 Å². The van der Waals surface area contributed by atoms with Gasteiger partial charge in [0.1, 0.15) is 0 Å². The first-order valence-electron chi connectivity index (χ1n) is 3.23. The summed E-state index contributed by atoms with van der Waals surface area (Å²) in [6.07, 6.45) is 0. The number of carboxylic acid groups (broad SMARTS) is 1. The third-order valence-electron chi connectivity index (χ3n) is 0.882. The van der Waals surface area contributed by atoms with Gasteiger partial charge >= 0.3 is 0 Å². The van der Waals surface area contributed by atoms with Gasteiger partial charge in [-0.2, -0.15) is 0 Å². The SMILES string of the molecule is CC(=O)O.Clc1ccc(Cl)c(Cl)c1. The molecular weight excluding hydrogens is 234 g/mol. The van der Waals surface area contributed by atoms with Gasteiger partial charge in [0, 0.05) is 11.9 Å². The molecule has 0 saturated carbocycles. The van der Waals surface area contributed by atoms with Crippen LogP contribution in [0.5, 0.6) is 0 Å². The first-order chi connectivity index (χ1) is 5.93. The van der Waals surface area contributed by atoms with Crippen LogP contribution in [0.1, 0.15) is 6.92 Å². The molecule has 1 aromatic carbocycles. The maximum Gasteiger partial charge on any atom is 0.300 e. The van der Waals surface area contributed by atoms with E-state index in [0.717, 1.165) is 6.92 Å². The third-order valence-corrected chi connectivity index (χ3v) is 1.86. The summed E-state index contributed by atoms with van der Waals surface area (Å²) in [4.78, 5) is 9.00. The fourth-order valence-corrected chi connectivity index (χ4v) is 0.997. The van der Waals surface area contributed by atoms with Crippen LogP contribution in [0, 0.1) is 0 Å². The molecule has 72 valence electrons. The molecule has 0 aromatic heterocycles. The second kappa shape index (κ2) is 6.08. The van der Waals surface area contributed by atoms with Crippen molar-refractivity contribution in [3.63, 3.8) is 0 Å². The van der Waals surface area contributed by atoms with Crippen LogP contribution in [0.2, 0.25) is 15.1 Å². The molecule has 0 bridgehead atoms. The molecule has 0 saturated heterocycles. The lowest BCUT2D eigenvalue weighted by molar-refractivity contribution is -0.134. The molecule has 1 rings (SSSR count). The molecule has 1 aromatic rings. The Kier molecular flexibility index (Phi) is 5.88. The topological polar surface area (TPSA) is 37.3 Å². The van der Waals surface area contributed by atoms with Crippen molar-refractivity contribution in [3.8, 4) is 0 Å². The lowest BCUT2D eigenvalue weighted by Gasteiger charge is -1.92. The molecule has 0 aliphatic rings. The van der Waals surface area contributed by atoms with Crippen LogP contribution in [0.25, 0.3) is 0 Å². The van der Waals surface area contributed by atoms with Gasteiger partial charge in [-0.15, -0.1) is 0 Å². The van der Waals surface area contributed by atoms with Crippen molar-refractivity contribution in [2.24, 2.45) is 0 Å². The molecule has 0 fully saturated rings. The normalized spacial score (nSPS) is 8.62. The smallest absolute Gasteiger partial charge is 0.300 e. The van der Waals surface area contributed by atoms with Gasteiger partial charge in [0.25, 0.3) is 5.97 Å². The van der Waals surface area contributed by atoms with E-state index in [2.05, 4.69) is 0 Å². The molecule has 0 atom stereocenters. The first kappa shape index (κ1) is 12.6. The maximum absolute atomic E-state index is 9.00. The molecule has 13 heavy (non-hydrogen) atoms. The monoisotopic (exact) mass is 240 g/mol. The van der Waals surface area contributed by atoms with Gasteiger partial charge in [0.05, 0.1) is 10.0 Å². The molecule has 0 aliphatic carbocycles. The summed E-state index contributed by atoms with van der Waals surface area (Å²) in [5.74, 6) is -0.833. The molecule has 0 heterocycles. The van der Waals surface area contributed by atoms with Crippen LogP contribution in [0.3, 0.4) is 0 Å². The molecule has 0 aliphatic heterocycles. The largest absolute Gasteiger partial charge is 0.481 e. The number of aliphatic carboxylic acids is 1. The van der Waals surface area contributed by atoms with Crippen LogP contribution in [-0.2, 0) is 4.79 Å². The lowest BCUT2D eigenvalue weighted by Crippen LogP contribution is -1.78. The lowest BCUT2D eigenvalue weighted by atomic mass is 10.4. The minimum Gasteiger partial charge on any atom is -0.481 e. The average Bonchev–Trinajstić information content (AvgIpc) is 1.96. The predicted octanol–water partition coefficient (Wildman–Crippen LogP) is 3.74. The first-order valence-corrected chi connectivity index (χ1v) is 4.37. The Morgan fingerprint density at radius 2 is 1.69 bits per heavy atom. The summed E-state index contributed by atoms with van der Waals surface area (Å²) in [7, 11) is 0. The van der Waals surface area contributed by atoms with Gasteiger partial charge in [0.2, 0.25) is 0 Å². The van der Waals surface area contributed by atoms with Crippen LogP contribution in [-0.4, -0.2) is 11.1 Å². The summed E-state index contributed by atoms with van der Waals surface area (Å²) in [6, 6.07) is 4.95. The fourth-order valence-electron chi connectivity index (χ4n) is 0.470. The number of halogens is 3. The molecule has 1 N–H and O–H groups in total. The van der Waals surface area contributed by atoms with Gasteiger partial charge in [-0.1, -0.05) is 34.8 Å². The highest BCUT2D eigenvalue weighted by Gasteiger charge is 1.94. The highest BCUT2D eigenvalue weighted by atomic mass is 35.5. The van der Waals surface area contributed by atoms with Crippen LogP contribution >= 0.6 is 34.8 Å². The average molecular weight is 242 g/mol. The molecule has 0 spiro atoms. The highest BCUT2D eigenvalue weighted by molar-refractivity contribution is 6.43. The zero-order valence-corrected chi connectivity index (χ0v) is 8.99. The van der Waals surface area contributed by atoms with Gasteiger partial charge in [-0.05, 0) is 18.2 Å². The summed E-state index contributed by atoms with van der Waals surface area (Å²) in [5, 5.41) is 9.04. The van der Waals surface area contributed by atoms with E-state index in [-0.39, 0.29) is 0 Å². The second-order valence-electron chi connectivity index (χ2n) is 2.08. The van der Waals surface area contributed by atoms with Crippen molar-refractivity contribution >= 4 is 40.8 Å². The van der Waals surface area contributed by atoms with E-state index >= 15 is 0 Å². The standard InChI is InChI=1S/C6H3Cl3.C2H4O2/c7-4-1-2-5(8)6(9)3-4;1-2(3)4/h1-3H;1H3,(H,3,4). The van der Waals surface area contributed by atoms with Gasteiger partial charge in [0.15, 0.2) is 0 Å². The molecule has 0 radical (unpaired) electrons. The summed E-state index contributed by atoms with van der Waals surface area (Å²) < 4.78 is 0. The number of hydrogen-bond acceptors (Lipinski definition) is 1. The van der Waals surface area contributed by atoms with E-state index in [1.54, 1.807) is 18.2 Å². The molecule has 5 heteroatoms. The van der Waals surface area contributed by atoms with Crippen molar-refractivity contribution in [1.29, 1.82) is 0 Å². The van der Waals surface area contributed by atoms with Crippen molar-refractivity contribution in [2.75, 3.05) is 0 Å². The molecule has 2 nitrogen and oxygen atoms in total. The van der Waals surface area contributed by atoms with Crippen LogP contribution < -0.4 is 0 Å². The number of benzene rings is 1. The van der Waals surface area contributed by atoms with E-state index < -0.39 is 5.97 Å². The van der Waals surface area contributed by atoms with E-state index in [9.17, 15) is 0 Å². The van der Waals surface area contributed by atoms with E-state index in [4.69, 9.17) is 44.7 Å². The Morgan fingerprint density at radius 3 is 2.00 bits per heavy atom. The number of carboxylic acids is 1. The summed E-state index contributed by atoms with van der Waals surface area (Å²) in [6.45, 7) is 1.08. The number of hydrogen-bond donors (Lipinski definition) is 1. The van der Waals surface area contributed by atoms with E-state index in [0.29, 0.717) is 15.1 Å². The Hall–Kier alpha value is -0.440. The van der Waals surface area contributed by atoms with Crippen molar-refractivity contribution in [3.05, 3.63) is 33.3 Å². The molecular formula is C8H7Cl3O2. The van der Waals surface area contributed by atoms with E-state index in [1.807, 2.05) is 0 Å². The summed E-state index contributed by atoms with van der Waals surface area (Å²) in [5.41, 5.74) is 0. The third kappa shape index (κ3) is 6.70. The highest BCUT2D eigenvalue weighted by Crippen LogP contribution is 2.24. The quantitative estimate of drug-likeness (QED) is 0.703. The summed E-state index contributed by atoms with van der Waals surface area (Å²) >= 11 is 16.8. The molecule has 0 amide bonds. The number of rotatable bonds is 0. The second-order valence-corrected chi connectivity index (χ2v) is 3.33. The van der Waals surface area contributed by atoms with E-state index in [1.165, 1.54) is 0 Å². The molecule has 0 unspecified atom stereocenters. The maximum atomic E-state index is 9.00. The van der Waals surface area contributed by atoms with Crippen molar-refractivity contribution in [1.82, 2.24) is 0 Å². The Balaban J connectivity index is 0.000000310. The van der Waals surface area contributed by atoms with Gasteiger partial charge in [-0.3, -0.25) is 4.79 Å². The zero-order valence-electron chi connectivity index (χ0n) is 6.72. The Morgan fingerprint density at radius 1 is 1.23 bits per heavy atom. The van der Waals surface area contributed by atoms with Crippen LogP contribution in [0.15, 0.2) is 18.2 Å². The Labute approximate surface area is 91.0 Å². The van der Waals surface area contributed by atoms with Crippen molar-refractivity contribution < 1.29 is 9.90 Å². The van der Waals surface area contributed by atoms with Crippen LogP contribution in [0.4, 0.5) is 0 Å².